The average Bonchev–Trinajstić information content (AvgIpc) is 2.46. The molecule has 0 unspecified atom stereocenters. The predicted octanol–water partition coefficient (Wildman–Crippen LogP) is 2.28. The van der Waals surface area contributed by atoms with Crippen molar-refractivity contribution in [2.45, 2.75) is 19.1 Å². The van der Waals surface area contributed by atoms with Crippen LogP contribution < -0.4 is 10.9 Å². The lowest BCUT2D eigenvalue weighted by molar-refractivity contribution is -0.141. The monoisotopic (exact) mass is 311 g/mol. The molecule has 0 aliphatic heterocycles. The Morgan fingerprint density at radius 1 is 1.32 bits per heavy atom. The third-order valence-corrected chi connectivity index (χ3v) is 2.96. The number of halogens is 3. The Hall–Kier alpha value is -2.64. The number of hydrogen-bond donors (Lipinski definition) is 2. The van der Waals surface area contributed by atoms with Crippen molar-refractivity contribution in [3.8, 4) is 0 Å². The van der Waals surface area contributed by atoms with Gasteiger partial charge < -0.3 is 10.3 Å². The van der Waals surface area contributed by atoms with Crippen LogP contribution in [0.4, 0.5) is 13.2 Å². The molecule has 0 aromatic carbocycles. The first-order chi connectivity index (χ1) is 10.3. The van der Waals surface area contributed by atoms with Crippen molar-refractivity contribution in [1.29, 1.82) is 0 Å². The van der Waals surface area contributed by atoms with Gasteiger partial charge in [0.25, 0.3) is 5.91 Å². The van der Waals surface area contributed by atoms with Crippen LogP contribution in [0.25, 0.3) is 0 Å². The number of aromatic amines is 1. The van der Waals surface area contributed by atoms with Crippen LogP contribution in [-0.2, 0) is 6.18 Å². The molecule has 5 nitrogen and oxygen atoms in total. The normalized spacial score (nSPS) is 12.7. The topological polar surface area (TPSA) is 74.8 Å². The second-order valence-electron chi connectivity index (χ2n) is 4.61. The summed E-state index contributed by atoms with van der Waals surface area (Å²) in [5, 5.41) is 2.58. The van der Waals surface area contributed by atoms with Gasteiger partial charge in [0.15, 0.2) is 0 Å². The molecule has 0 spiro atoms. The summed E-state index contributed by atoms with van der Waals surface area (Å²) < 4.78 is 37.3. The molecule has 8 heteroatoms. The highest BCUT2D eigenvalue weighted by atomic mass is 19.4. The van der Waals surface area contributed by atoms with Crippen molar-refractivity contribution in [3.63, 3.8) is 0 Å². The molecule has 0 aliphatic carbocycles. The fourth-order valence-corrected chi connectivity index (χ4v) is 1.78. The van der Waals surface area contributed by atoms with Crippen molar-refractivity contribution in [3.05, 3.63) is 63.8 Å². The molecule has 0 radical (unpaired) electrons. The SMILES string of the molecule is C[C@@H](NC(=O)c1cc[nH]c(=O)c1)c1ccc(C(F)(F)F)nc1. The summed E-state index contributed by atoms with van der Waals surface area (Å²) in [6.45, 7) is 1.61. The zero-order chi connectivity index (χ0) is 16.3. The predicted molar refractivity (Wildman–Crippen MR) is 72.2 cm³/mol. The van der Waals surface area contributed by atoms with Gasteiger partial charge in [0.05, 0.1) is 6.04 Å². The number of H-pyrrole nitrogens is 1. The van der Waals surface area contributed by atoms with Crippen molar-refractivity contribution < 1.29 is 18.0 Å². The van der Waals surface area contributed by atoms with E-state index in [4.69, 9.17) is 0 Å². The highest BCUT2D eigenvalue weighted by Crippen LogP contribution is 2.27. The van der Waals surface area contributed by atoms with E-state index in [1.165, 1.54) is 18.3 Å². The van der Waals surface area contributed by atoms with Gasteiger partial charge in [-0.1, -0.05) is 6.07 Å². The lowest BCUT2D eigenvalue weighted by Crippen LogP contribution is -2.27. The van der Waals surface area contributed by atoms with Gasteiger partial charge in [-0.25, -0.2) is 0 Å². The molecule has 0 fully saturated rings. The van der Waals surface area contributed by atoms with Gasteiger partial charge in [-0.05, 0) is 24.6 Å². The largest absolute Gasteiger partial charge is 0.433 e. The summed E-state index contributed by atoms with van der Waals surface area (Å²) in [5.74, 6) is -0.501. The molecule has 2 rings (SSSR count). The van der Waals surface area contributed by atoms with E-state index in [1.807, 2.05) is 0 Å². The Labute approximate surface area is 123 Å². The Kier molecular flexibility index (Phi) is 4.30. The van der Waals surface area contributed by atoms with Crippen LogP contribution in [0.3, 0.4) is 0 Å². The molecule has 2 aromatic rings. The zero-order valence-corrected chi connectivity index (χ0v) is 11.4. The number of pyridine rings is 2. The number of carbonyl (C=O) groups excluding carboxylic acids is 1. The highest BCUT2D eigenvalue weighted by molar-refractivity contribution is 5.94. The molecule has 0 bridgehead atoms. The van der Waals surface area contributed by atoms with Crippen molar-refractivity contribution in [1.82, 2.24) is 15.3 Å². The first-order valence-corrected chi connectivity index (χ1v) is 6.30. The van der Waals surface area contributed by atoms with Crippen LogP contribution in [0.5, 0.6) is 0 Å². The summed E-state index contributed by atoms with van der Waals surface area (Å²) in [5.41, 5.74) is -0.831. The van der Waals surface area contributed by atoms with E-state index in [0.29, 0.717) is 5.56 Å². The zero-order valence-electron chi connectivity index (χ0n) is 11.4. The van der Waals surface area contributed by atoms with Crippen LogP contribution in [0.1, 0.15) is 34.6 Å². The van der Waals surface area contributed by atoms with Gasteiger partial charge in [0, 0.05) is 24.0 Å². The molecule has 2 N–H and O–H groups in total. The Morgan fingerprint density at radius 2 is 2.05 bits per heavy atom. The van der Waals surface area contributed by atoms with E-state index in [-0.39, 0.29) is 5.56 Å². The minimum absolute atomic E-state index is 0.162. The van der Waals surface area contributed by atoms with E-state index in [2.05, 4.69) is 15.3 Å². The first kappa shape index (κ1) is 15.7. The minimum Gasteiger partial charge on any atom is -0.345 e. The Morgan fingerprint density at radius 3 is 2.59 bits per heavy atom. The second kappa shape index (κ2) is 6.00. The van der Waals surface area contributed by atoms with Crippen molar-refractivity contribution >= 4 is 5.91 Å². The molecule has 0 aliphatic rings. The van der Waals surface area contributed by atoms with Crippen molar-refractivity contribution in [2.24, 2.45) is 0 Å². The fourth-order valence-electron chi connectivity index (χ4n) is 1.78. The molecular formula is C14H12F3N3O2. The summed E-state index contributed by atoms with van der Waals surface area (Å²) in [4.78, 5) is 28.8. The molecule has 2 aromatic heterocycles. The fraction of sp³-hybridized carbons (Fsp3) is 0.214. The molecular weight excluding hydrogens is 299 g/mol. The summed E-state index contributed by atoms with van der Waals surface area (Å²) in [7, 11) is 0. The standard InChI is InChI=1S/C14H12F3N3O2/c1-8(10-2-3-11(19-7-10)14(15,16)17)20-13(22)9-4-5-18-12(21)6-9/h2-8H,1H3,(H,18,21)(H,20,22)/t8-/m1/s1. The lowest BCUT2D eigenvalue weighted by atomic mass is 10.1. The summed E-state index contributed by atoms with van der Waals surface area (Å²) in [6.07, 6.45) is -2.11. The maximum absolute atomic E-state index is 12.4. The van der Waals surface area contributed by atoms with E-state index >= 15 is 0 Å². The Bertz CT molecular complexity index is 723. The van der Waals surface area contributed by atoms with Crippen LogP contribution >= 0.6 is 0 Å². The van der Waals surface area contributed by atoms with Crippen LogP contribution in [0.2, 0.25) is 0 Å². The maximum Gasteiger partial charge on any atom is 0.433 e. The van der Waals surface area contributed by atoms with E-state index in [9.17, 15) is 22.8 Å². The number of carbonyl (C=O) groups is 1. The number of nitrogens with one attached hydrogen (secondary N) is 2. The van der Waals surface area contributed by atoms with Gasteiger partial charge in [-0.2, -0.15) is 13.2 Å². The molecule has 116 valence electrons. The van der Waals surface area contributed by atoms with E-state index in [0.717, 1.165) is 18.3 Å². The number of alkyl halides is 3. The van der Waals surface area contributed by atoms with Crippen LogP contribution in [0.15, 0.2) is 41.5 Å². The number of aromatic nitrogens is 2. The molecule has 0 saturated carbocycles. The summed E-state index contributed by atoms with van der Waals surface area (Å²) >= 11 is 0. The number of rotatable bonds is 3. The van der Waals surface area contributed by atoms with Crippen molar-refractivity contribution in [2.75, 3.05) is 0 Å². The van der Waals surface area contributed by atoms with Gasteiger partial charge in [-0.15, -0.1) is 0 Å². The van der Waals surface area contributed by atoms with Crippen LogP contribution in [-0.4, -0.2) is 15.9 Å². The van der Waals surface area contributed by atoms with E-state index in [1.54, 1.807) is 6.92 Å². The van der Waals surface area contributed by atoms with E-state index < -0.39 is 29.4 Å². The third kappa shape index (κ3) is 3.72. The van der Waals surface area contributed by atoms with Gasteiger partial charge >= 0.3 is 6.18 Å². The average molecular weight is 311 g/mol. The molecule has 22 heavy (non-hydrogen) atoms. The molecule has 0 saturated heterocycles. The Balaban J connectivity index is 2.10. The quantitative estimate of drug-likeness (QED) is 0.913. The minimum atomic E-state index is -4.50. The lowest BCUT2D eigenvalue weighted by Gasteiger charge is -2.14. The molecule has 2 heterocycles. The number of hydrogen-bond acceptors (Lipinski definition) is 3. The maximum atomic E-state index is 12.4. The first-order valence-electron chi connectivity index (χ1n) is 6.30. The van der Waals surface area contributed by atoms with Crippen LogP contribution in [0, 0.1) is 0 Å². The number of amides is 1. The highest BCUT2D eigenvalue weighted by Gasteiger charge is 2.32. The van der Waals surface area contributed by atoms with Gasteiger partial charge in [0.1, 0.15) is 5.69 Å². The second-order valence-corrected chi connectivity index (χ2v) is 4.61. The molecule has 1 amide bonds. The third-order valence-electron chi connectivity index (χ3n) is 2.96. The van der Waals surface area contributed by atoms with Gasteiger partial charge in [0.2, 0.25) is 5.56 Å². The van der Waals surface area contributed by atoms with Gasteiger partial charge in [-0.3, -0.25) is 14.6 Å². The number of nitrogens with zero attached hydrogens (tertiary/aromatic N) is 1. The summed E-state index contributed by atoms with van der Waals surface area (Å²) in [6, 6.07) is 4.10. The smallest absolute Gasteiger partial charge is 0.345 e. The molecule has 1 atom stereocenters.